The summed E-state index contributed by atoms with van der Waals surface area (Å²) in [5.74, 6) is -0.203. The lowest BCUT2D eigenvalue weighted by molar-refractivity contribution is -0.128. The summed E-state index contributed by atoms with van der Waals surface area (Å²) in [7, 11) is -3.52. The number of hydrogen-bond acceptors (Lipinski definition) is 5. The largest absolute Gasteiger partial charge is 0.353 e. The fourth-order valence-corrected chi connectivity index (χ4v) is 5.56. The van der Waals surface area contributed by atoms with Crippen molar-refractivity contribution in [3.8, 4) is 0 Å². The van der Waals surface area contributed by atoms with E-state index >= 15 is 0 Å². The molecule has 180 valence electrons. The van der Waals surface area contributed by atoms with Crippen molar-refractivity contribution in [1.82, 2.24) is 14.5 Å². The van der Waals surface area contributed by atoms with E-state index in [4.69, 9.17) is 0 Å². The highest BCUT2D eigenvalue weighted by atomic mass is 32.2. The third kappa shape index (κ3) is 7.28. The number of sulfonamides is 1. The normalized spacial score (nSPS) is 18.3. The number of carbonyl (C=O) groups excluding carboxylic acids is 2. The van der Waals surface area contributed by atoms with Crippen molar-refractivity contribution < 1.29 is 18.0 Å². The Labute approximate surface area is 192 Å². The molecule has 1 aromatic carbocycles. The minimum Gasteiger partial charge on any atom is -0.353 e. The van der Waals surface area contributed by atoms with E-state index in [0.717, 1.165) is 32.2 Å². The van der Waals surface area contributed by atoms with Crippen molar-refractivity contribution in [1.29, 1.82) is 0 Å². The minimum atomic E-state index is -3.52. The first kappa shape index (κ1) is 26.3. The predicted octanol–water partition coefficient (Wildman–Crippen LogP) is 2.67. The topological polar surface area (TPSA) is 98.8 Å². The average Bonchev–Trinajstić information content (AvgIpc) is 2.75. The van der Waals surface area contributed by atoms with Crippen LogP contribution in [0, 0.1) is 5.92 Å². The van der Waals surface area contributed by atoms with Crippen molar-refractivity contribution >= 4 is 27.5 Å². The van der Waals surface area contributed by atoms with Crippen LogP contribution < -0.4 is 10.6 Å². The third-order valence-electron chi connectivity index (χ3n) is 5.84. The van der Waals surface area contributed by atoms with Crippen LogP contribution in [-0.2, 0) is 19.6 Å². The molecular formula is C23H38N4O4S. The molecule has 32 heavy (non-hydrogen) atoms. The van der Waals surface area contributed by atoms with E-state index in [2.05, 4.69) is 17.6 Å². The van der Waals surface area contributed by atoms with Crippen LogP contribution in [0.5, 0.6) is 0 Å². The molecule has 1 aromatic rings. The minimum absolute atomic E-state index is 0.0704. The Morgan fingerprint density at radius 2 is 1.81 bits per heavy atom. The van der Waals surface area contributed by atoms with Gasteiger partial charge in [-0.25, -0.2) is 8.42 Å². The Morgan fingerprint density at radius 1 is 1.16 bits per heavy atom. The van der Waals surface area contributed by atoms with E-state index in [1.54, 1.807) is 26.0 Å². The fraction of sp³-hybridized carbons (Fsp3) is 0.652. The number of amides is 2. The first-order valence-corrected chi connectivity index (χ1v) is 13.1. The number of benzene rings is 1. The second-order valence-electron chi connectivity index (χ2n) is 8.43. The van der Waals surface area contributed by atoms with Gasteiger partial charge in [0.05, 0.1) is 17.4 Å². The molecule has 1 aliphatic heterocycles. The molecule has 9 heteroatoms. The fourth-order valence-electron chi connectivity index (χ4n) is 4.11. The first-order valence-electron chi connectivity index (χ1n) is 11.6. The van der Waals surface area contributed by atoms with Crippen LogP contribution in [0.4, 0.5) is 5.69 Å². The number of carbonyl (C=O) groups is 2. The number of nitrogens with one attached hydrogen (secondary N) is 2. The zero-order chi connectivity index (χ0) is 23.7. The molecule has 0 bridgehead atoms. The number of rotatable bonds is 11. The van der Waals surface area contributed by atoms with Crippen LogP contribution >= 0.6 is 0 Å². The summed E-state index contributed by atoms with van der Waals surface area (Å²) >= 11 is 0. The standard InChI is InChI=1S/C23H38N4O4S/c1-5-9-18(4)24-23(29)19-10-8-15-26(16-19)17-22(28)25-20-11-13-21(14-12-20)32(30,31)27(6-2)7-3/h11-14,18-19H,5-10,15-17H2,1-4H3,(H,24,29)(H,25,28). The van der Waals surface area contributed by atoms with Gasteiger partial charge in [-0.05, 0) is 57.0 Å². The molecule has 0 aromatic heterocycles. The SMILES string of the molecule is CCCC(C)NC(=O)C1CCCN(CC(=O)Nc2ccc(S(=O)(=O)N(CC)CC)cc2)C1. The van der Waals surface area contributed by atoms with Crippen LogP contribution in [0.1, 0.15) is 53.4 Å². The molecule has 0 aliphatic carbocycles. The Morgan fingerprint density at radius 3 is 2.41 bits per heavy atom. The quantitative estimate of drug-likeness (QED) is 0.522. The van der Waals surface area contributed by atoms with Gasteiger partial charge in [-0.1, -0.05) is 27.2 Å². The van der Waals surface area contributed by atoms with E-state index in [0.29, 0.717) is 25.3 Å². The Bertz CT molecular complexity index is 853. The lowest BCUT2D eigenvalue weighted by Crippen LogP contribution is -2.47. The van der Waals surface area contributed by atoms with Gasteiger partial charge in [-0.15, -0.1) is 0 Å². The van der Waals surface area contributed by atoms with Gasteiger partial charge in [-0.2, -0.15) is 4.31 Å². The van der Waals surface area contributed by atoms with Crippen molar-refractivity contribution in [2.75, 3.05) is 38.0 Å². The molecule has 8 nitrogen and oxygen atoms in total. The van der Waals surface area contributed by atoms with Crippen molar-refractivity contribution in [2.45, 2.75) is 64.3 Å². The highest BCUT2D eigenvalue weighted by Gasteiger charge is 2.27. The number of likely N-dealkylation sites (tertiary alicyclic amines) is 1. The number of nitrogens with zero attached hydrogens (tertiary/aromatic N) is 2. The van der Waals surface area contributed by atoms with Crippen molar-refractivity contribution in [3.05, 3.63) is 24.3 Å². The van der Waals surface area contributed by atoms with Crippen LogP contribution in [-0.4, -0.2) is 68.2 Å². The zero-order valence-electron chi connectivity index (χ0n) is 19.8. The van der Waals surface area contributed by atoms with E-state index in [1.807, 2.05) is 11.8 Å². The maximum atomic E-state index is 12.6. The maximum absolute atomic E-state index is 12.6. The summed E-state index contributed by atoms with van der Waals surface area (Å²) < 4.78 is 26.6. The number of anilines is 1. The molecule has 2 unspecified atom stereocenters. The summed E-state index contributed by atoms with van der Waals surface area (Å²) in [6.07, 6.45) is 3.71. The van der Waals surface area contributed by atoms with Gasteiger partial charge in [0, 0.05) is 31.4 Å². The number of piperidine rings is 1. The molecule has 0 saturated carbocycles. The van der Waals surface area contributed by atoms with Gasteiger partial charge in [-0.3, -0.25) is 14.5 Å². The zero-order valence-corrected chi connectivity index (χ0v) is 20.6. The average molecular weight is 467 g/mol. The third-order valence-corrected chi connectivity index (χ3v) is 7.90. The van der Waals surface area contributed by atoms with Crippen LogP contribution in [0.3, 0.4) is 0 Å². The molecule has 2 N–H and O–H groups in total. The lowest BCUT2D eigenvalue weighted by Gasteiger charge is -2.32. The summed E-state index contributed by atoms with van der Waals surface area (Å²) in [6, 6.07) is 6.41. The van der Waals surface area contributed by atoms with Crippen LogP contribution in [0.25, 0.3) is 0 Å². The second kappa shape index (κ2) is 12.3. The van der Waals surface area contributed by atoms with Crippen LogP contribution in [0.2, 0.25) is 0 Å². The first-order chi connectivity index (χ1) is 15.2. The Balaban J connectivity index is 1.90. The van der Waals surface area contributed by atoms with Crippen molar-refractivity contribution in [2.24, 2.45) is 5.92 Å². The molecule has 1 fully saturated rings. The van der Waals surface area contributed by atoms with Gasteiger partial charge >= 0.3 is 0 Å². The molecule has 0 radical (unpaired) electrons. The number of hydrogen-bond donors (Lipinski definition) is 2. The Kier molecular flexibility index (Phi) is 10.1. The predicted molar refractivity (Wildman–Crippen MR) is 127 cm³/mol. The molecule has 2 atom stereocenters. The summed E-state index contributed by atoms with van der Waals surface area (Å²) in [6.45, 7) is 10.1. The van der Waals surface area contributed by atoms with Crippen molar-refractivity contribution in [3.63, 3.8) is 0 Å². The smallest absolute Gasteiger partial charge is 0.243 e. The molecule has 1 heterocycles. The molecule has 1 aliphatic rings. The monoisotopic (exact) mass is 466 g/mol. The highest BCUT2D eigenvalue weighted by Crippen LogP contribution is 2.19. The molecule has 0 spiro atoms. The van der Waals surface area contributed by atoms with E-state index in [1.165, 1.54) is 16.4 Å². The molecule has 1 saturated heterocycles. The summed E-state index contributed by atoms with van der Waals surface area (Å²) in [4.78, 5) is 27.3. The molecule has 2 amide bonds. The second-order valence-corrected chi connectivity index (χ2v) is 10.4. The van der Waals surface area contributed by atoms with E-state index in [9.17, 15) is 18.0 Å². The van der Waals surface area contributed by atoms with E-state index < -0.39 is 10.0 Å². The van der Waals surface area contributed by atoms with Gasteiger partial charge in [0.1, 0.15) is 0 Å². The lowest BCUT2D eigenvalue weighted by atomic mass is 9.96. The highest BCUT2D eigenvalue weighted by molar-refractivity contribution is 7.89. The van der Waals surface area contributed by atoms with Gasteiger partial charge in [0.2, 0.25) is 21.8 Å². The molecular weight excluding hydrogens is 428 g/mol. The van der Waals surface area contributed by atoms with Gasteiger partial charge in [0.25, 0.3) is 0 Å². The summed E-state index contributed by atoms with van der Waals surface area (Å²) in [5.41, 5.74) is 0.549. The maximum Gasteiger partial charge on any atom is 0.243 e. The summed E-state index contributed by atoms with van der Waals surface area (Å²) in [5, 5.41) is 5.91. The van der Waals surface area contributed by atoms with Gasteiger partial charge < -0.3 is 10.6 Å². The Hall–Kier alpha value is -1.97. The molecule has 2 rings (SSSR count). The van der Waals surface area contributed by atoms with E-state index in [-0.39, 0.29) is 35.2 Å². The van der Waals surface area contributed by atoms with Crippen LogP contribution in [0.15, 0.2) is 29.2 Å². The van der Waals surface area contributed by atoms with Gasteiger partial charge in [0.15, 0.2) is 0 Å².